The number of nitrogens with zero attached hydrogens (tertiary/aromatic N) is 2. The molecule has 28 heavy (non-hydrogen) atoms. The highest BCUT2D eigenvalue weighted by molar-refractivity contribution is 6.81. The van der Waals surface area contributed by atoms with Gasteiger partial charge in [0.05, 0.1) is 0 Å². The van der Waals surface area contributed by atoms with Crippen molar-refractivity contribution in [3.63, 3.8) is 0 Å². The fraction of sp³-hybridized carbons (Fsp3) is 0.300. The molecule has 2 aromatic carbocycles. The van der Waals surface area contributed by atoms with Crippen molar-refractivity contribution in [3.8, 4) is 0 Å². The minimum atomic E-state index is -2.28. The average Bonchev–Trinajstić information content (AvgIpc) is 2.69. The first-order valence-corrected chi connectivity index (χ1v) is 12.7. The van der Waals surface area contributed by atoms with Gasteiger partial charge in [0.15, 0.2) is 0 Å². The van der Waals surface area contributed by atoms with Crippen LogP contribution in [0.25, 0.3) is 0 Å². The van der Waals surface area contributed by atoms with Crippen LogP contribution in [-0.4, -0.2) is 30.3 Å². The third kappa shape index (κ3) is 6.54. The molecule has 0 aliphatic carbocycles. The number of carbonyl (C=O) groups excluding carboxylic acids is 2. The maximum Gasteiger partial charge on any atom is 0.439 e. The molecule has 0 aliphatic rings. The van der Waals surface area contributed by atoms with Crippen LogP contribution in [0, 0.1) is 0 Å². The minimum Gasteiger partial charge on any atom is -0.503 e. The molecule has 148 valence electrons. The van der Waals surface area contributed by atoms with Crippen LogP contribution in [0.3, 0.4) is 0 Å². The van der Waals surface area contributed by atoms with Crippen LogP contribution in [0.4, 0.5) is 9.59 Å². The zero-order valence-corrected chi connectivity index (χ0v) is 18.9. The molecule has 0 saturated carbocycles. The Bertz CT molecular complexity index is 751. The molecular weight excluding hydrogens is 388 g/mol. The van der Waals surface area contributed by atoms with E-state index in [4.69, 9.17) is 8.85 Å². The van der Waals surface area contributed by atoms with Gasteiger partial charge in [0, 0.05) is 0 Å². The van der Waals surface area contributed by atoms with Gasteiger partial charge in [0.2, 0.25) is 9.04 Å². The van der Waals surface area contributed by atoms with Crippen molar-refractivity contribution in [3.05, 3.63) is 60.7 Å². The second-order valence-electron chi connectivity index (χ2n) is 7.12. The molecule has 8 heteroatoms. The first kappa shape index (κ1) is 21.7. The van der Waals surface area contributed by atoms with Gasteiger partial charge in [-0.1, -0.05) is 98.6 Å². The van der Waals surface area contributed by atoms with Gasteiger partial charge in [-0.15, -0.1) is 0 Å². The molecule has 2 aromatic rings. The predicted octanol–water partition coefficient (Wildman–Crippen LogP) is 3.79. The van der Waals surface area contributed by atoms with Crippen molar-refractivity contribution < 1.29 is 18.4 Å². The van der Waals surface area contributed by atoms with E-state index < -0.39 is 30.3 Å². The van der Waals surface area contributed by atoms with Crippen molar-refractivity contribution in [2.75, 3.05) is 0 Å². The quantitative estimate of drug-likeness (QED) is 0.532. The molecule has 0 radical (unpaired) electrons. The third-order valence-electron chi connectivity index (χ3n) is 4.19. The highest BCUT2D eigenvalue weighted by Gasteiger charge is 2.25. The standard InChI is InChI=1S/C20H26N2O4Si2/c1-15(2)27(16(3)4)25-19(23)21-22-20(24)26-28(17-11-7-5-8-12-17)18-13-9-6-10-14-18/h5-16,27-28H,1-4H3. The maximum atomic E-state index is 12.2. The lowest BCUT2D eigenvalue weighted by Gasteiger charge is -2.21. The number of hydrogen-bond acceptors (Lipinski definition) is 4. The summed E-state index contributed by atoms with van der Waals surface area (Å²) in [6.07, 6.45) is -1.71. The van der Waals surface area contributed by atoms with Gasteiger partial charge >= 0.3 is 21.2 Å². The summed E-state index contributed by atoms with van der Waals surface area (Å²) in [4.78, 5) is 24.2. The van der Waals surface area contributed by atoms with E-state index in [2.05, 4.69) is 10.2 Å². The van der Waals surface area contributed by atoms with Gasteiger partial charge in [0.25, 0.3) is 0 Å². The highest BCUT2D eigenvalue weighted by atomic mass is 28.3. The van der Waals surface area contributed by atoms with Crippen LogP contribution in [0.2, 0.25) is 11.1 Å². The lowest BCUT2D eigenvalue weighted by atomic mass is 10.4. The molecule has 0 aromatic heterocycles. The summed E-state index contributed by atoms with van der Waals surface area (Å²) in [5.41, 5.74) is 0.554. The van der Waals surface area contributed by atoms with E-state index in [9.17, 15) is 9.59 Å². The number of carbonyl (C=O) groups is 2. The molecule has 2 rings (SSSR count). The summed E-state index contributed by atoms with van der Waals surface area (Å²) < 4.78 is 11.1. The number of amides is 2. The Hall–Kier alpha value is -2.59. The lowest BCUT2D eigenvalue weighted by molar-refractivity contribution is 0.200. The first-order valence-electron chi connectivity index (χ1n) is 9.31. The van der Waals surface area contributed by atoms with E-state index in [-0.39, 0.29) is 11.1 Å². The molecule has 0 saturated heterocycles. The predicted molar refractivity (Wildman–Crippen MR) is 114 cm³/mol. The summed E-state index contributed by atoms with van der Waals surface area (Å²) in [6.45, 7) is 8.08. The molecular formula is C20H26N2O4Si2. The molecule has 0 unspecified atom stereocenters. The fourth-order valence-corrected chi connectivity index (χ4v) is 7.39. The molecule has 0 bridgehead atoms. The second-order valence-corrected chi connectivity index (χ2v) is 13.3. The summed E-state index contributed by atoms with van der Waals surface area (Å²) in [5, 5.41) is 8.72. The zero-order valence-electron chi connectivity index (χ0n) is 16.6. The fourth-order valence-electron chi connectivity index (χ4n) is 2.97. The van der Waals surface area contributed by atoms with Crippen molar-refractivity contribution in [1.82, 2.24) is 0 Å². The molecule has 0 fully saturated rings. The Labute approximate surface area is 169 Å². The average molecular weight is 415 g/mol. The van der Waals surface area contributed by atoms with Gasteiger partial charge in [-0.25, -0.2) is 9.59 Å². The SMILES string of the molecule is CC(C)[SiH](OC(=O)N=NC(=O)O[SiH](c1ccccc1)c1ccccc1)C(C)C. The zero-order chi connectivity index (χ0) is 20.5. The smallest absolute Gasteiger partial charge is 0.439 e. The van der Waals surface area contributed by atoms with Crippen molar-refractivity contribution in [1.29, 1.82) is 0 Å². The third-order valence-corrected chi connectivity index (χ3v) is 9.71. The van der Waals surface area contributed by atoms with Crippen LogP contribution < -0.4 is 10.4 Å². The highest BCUT2D eigenvalue weighted by Crippen LogP contribution is 2.21. The Balaban J connectivity index is 2.07. The molecule has 6 nitrogen and oxygen atoms in total. The van der Waals surface area contributed by atoms with Gasteiger partial charge < -0.3 is 8.85 Å². The summed E-state index contributed by atoms with van der Waals surface area (Å²) in [5.74, 6) is 0. The topological polar surface area (TPSA) is 77.3 Å². The van der Waals surface area contributed by atoms with Crippen molar-refractivity contribution >= 4 is 40.6 Å². The Kier molecular flexibility index (Phi) is 8.27. The van der Waals surface area contributed by atoms with Crippen LogP contribution in [0.1, 0.15) is 27.7 Å². The Morgan fingerprint density at radius 2 is 1.11 bits per heavy atom. The monoisotopic (exact) mass is 414 g/mol. The molecule has 0 N–H and O–H groups in total. The second kappa shape index (κ2) is 10.7. The van der Waals surface area contributed by atoms with Crippen LogP contribution in [0.15, 0.2) is 70.9 Å². The van der Waals surface area contributed by atoms with Crippen molar-refractivity contribution in [2.45, 2.75) is 38.8 Å². The Morgan fingerprint density at radius 3 is 1.50 bits per heavy atom. The minimum absolute atomic E-state index is 0.277. The molecule has 0 spiro atoms. The molecule has 0 aliphatic heterocycles. The van der Waals surface area contributed by atoms with E-state index in [0.717, 1.165) is 10.4 Å². The summed E-state index contributed by atoms with van der Waals surface area (Å²) in [6, 6.07) is 19.1. The number of azo groups is 1. The molecule has 0 atom stereocenters. The van der Waals surface area contributed by atoms with Crippen molar-refractivity contribution in [2.24, 2.45) is 10.2 Å². The van der Waals surface area contributed by atoms with Crippen LogP contribution >= 0.6 is 0 Å². The van der Waals surface area contributed by atoms with Gasteiger partial charge in [0.1, 0.15) is 0 Å². The molecule has 2 amide bonds. The lowest BCUT2D eigenvalue weighted by Crippen LogP contribution is -2.45. The van der Waals surface area contributed by atoms with E-state index in [1.165, 1.54) is 0 Å². The van der Waals surface area contributed by atoms with E-state index in [1.54, 1.807) is 0 Å². The number of rotatable bonds is 6. The van der Waals surface area contributed by atoms with Gasteiger partial charge in [-0.3, -0.25) is 0 Å². The summed E-state index contributed by atoms with van der Waals surface area (Å²) >= 11 is 0. The molecule has 0 heterocycles. The normalized spacial score (nSPS) is 11.6. The number of hydrogen-bond donors (Lipinski definition) is 0. The van der Waals surface area contributed by atoms with Gasteiger partial charge in [-0.2, -0.15) is 0 Å². The van der Waals surface area contributed by atoms with Crippen LogP contribution in [-0.2, 0) is 8.85 Å². The van der Waals surface area contributed by atoms with Crippen LogP contribution in [0.5, 0.6) is 0 Å². The maximum absolute atomic E-state index is 12.2. The first-order chi connectivity index (χ1) is 13.4. The van der Waals surface area contributed by atoms with E-state index in [1.807, 2.05) is 88.4 Å². The Morgan fingerprint density at radius 1 is 0.714 bits per heavy atom. The number of benzene rings is 2. The van der Waals surface area contributed by atoms with Gasteiger partial charge in [-0.05, 0) is 21.5 Å². The largest absolute Gasteiger partial charge is 0.503 e. The summed E-state index contributed by atoms with van der Waals surface area (Å²) in [7, 11) is -4.05. The van der Waals surface area contributed by atoms with E-state index >= 15 is 0 Å². The van der Waals surface area contributed by atoms with E-state index in [0.29, 0.717) is 0 Å².